The molecule has 2 aliphatic heterocycles. The molecule has 8 bridgehead atoms. The SMILES string of the molecule is Clc1cccc2c3nc4nc(nc5[nH]c(nc6nc(nc([nH]3)c12)-c1ccccc1-6)c1ccccc51)-c1ccccc1-4.[Cl-].[In+3]. The van der Waals surface area contributed by atoms with E-state index in [-0.39, 0.29) is 38.3 Å². The van der Waals surface area contributed by atoms with Crippen molar-refractivity contribution in [3.63, 3.8) is 0 Å². The van der Waals surface area contributed by atoms with E-state index in [4.69, 9.17) is 41.5 Å². The molecule has 2 aliphatic rings. The van der Waals surface area contributed by atoms with Crippen molar-refractivity contribution in [2.45, 2.75) is 0 Å². The third-order valence-electron chi connectivity index (χ3n) is 7.53. The van der Waals surface area contributed by atoms with Gasteiger partial charge in [-0.25, -0.2) is 29.9 Å². The van der Waals surface area contributed by atoms with Gasteiger partial charge in [0.2, 0.25) is 0 Å². The standard InChI is InChI=1S/C32H17ClN8.ClH.In/c33-23-15-7-14-22-24(23)32-40-30-21-13-6-5-12-20(21)28(38-30)36-26-17-9-2-1-8-16(17)25(34-26)35-27-18-10-3-4-11-19(18)29(37-27)39-31(22)41-32;;/h1-15H,(H2,34,35,36,37,38,39,40,41);1H;/q;;+3/p-1. The number of hydrogen-bond donors (Lipinski definition) is 2. The van der Waals surface area contributed by atoms with E-state index >= 15 is 0 Å². The topological polar surface area (TPSA) is 109 Å². The van der Waals surface area contributed by atoms with Gasteiger partial charge < -0.3 is 22.4 Å². The molecular weight excluding hydrogens is 682 g/mol. The van der Waals surface area contributed by atoms with Crippen LogP contribution in [0.2, 0.25) is 5.02 Å². The molecular formula is C32H17Cl2InN8+2. The van der Waals surface area contributed by atoms with Gasteiger partial charge in [0.1, 0.15) is 22.6 Å². The predicted octanol–water partition coefficient (Wildman–Crippen LogP) is 4.15. The molecule has 2 N–H and O–H groups in total. The van der Waals surface area contributed by atoms with Crippen LogP contribution >= 0.6 is 11.6 Å². The van der Waals surface area contributed by atoms with Gasteiger partial charge >= 0.3 is 25.8 Å². The van der Waals surface area contributed by atoms with Crippen molar-refractivity contribution >= 4 is 81.6 Å². The minimum atomic E-state index is 0. The van der Waals surface area contributed by atoms with Crippen LogP contribution < -0.4 is 12.4 Å². The van der Waals surface area contributed by atoms with Crippen LogP contribution in [-0.2, 0) is 0 Å². The number of aromatic amines is 2. The van der Waals surface area contributed by atoms with Gasteiger partial charge in [0, 0.05) is 43.8 Å². The molecule has 9 rings (SSSR count). The molecule has 5 heterocycles. The van der Waals surface area contributed by atoms with Crippen LogP contribution in [0.15, 0.2) is 91.0 Å². The Morgan fingerprint density at radius 1 is 0.419 bits per heavy atom. The summed E-state index contributed by atoms with van der Waals surface area (Å²) in [5.74, 6) is 2.24. The van der Waals surface area contributed by atoms with Crippen LogP contribution in [-0.4, -0.2) is 65.7 Å². The Morgan fingerprint density at radius 3 is 1.28 bits per heavy atom. The number of benzene rings is 4. The maximum absolute atomic E-state index is 6.73. The largest absolute Gasteiger partial charge is 3.00 e. The average molecular weight is 699 g/mol. The summed E-state index contributed by atoms with van der Waals surface area (Å²) < 4.78 is 0. The van der Waals surface area contributed by atoms with Crippen molar-refractivity contribution in [1.29, 1.82) is 0 Å². The van der Waals surface area contributed by atoms with Crippen LogP contribution in [0.5, 0.6) is 0 Å². The van der Waals surface area contributed by atoms with E-state index in [1.54, 1.807) is 0 Å². The number of hydrogen-bond acceptors (Lipinski definition) is 6. The van der Waals surface area contributed by atoms with Crippen molar-refractivity contribution in [3.05, 3.63) is 96.0 Å². The van der Waals surface area contributed by atoms with Crippen LogP contribution in [0.25, 0.3) is 89.7 Å². The normalized spacial score (nSPS) is 11.5. The Hall–Kier alpha value is -4.31. The fourth-order valence-corrected chi connectivity index (χ4v) is 5.91. The van der Waals surface area contributed by atoms with Crippen molar-refractivity contribution in [3.8, 4) is 45.6 Å². The van der Waals surface area contributed by atoms with E-state index in [2.05, 4.69) is 9.97 Å². The number of nitrogens with one attached hydrogen (secondary N) is 2. The Balaban J connectivity index is 0.00000150. The van der Waals surface area contributed by atoms with E-state index in [9.17, 15) is 0 Å². The second-order valence-corrected chi connectivity index (χ2v) is 10.3. The fourth-order valence-electron chi connectivity index (χ4n) is 5.65. The molecule has 0 atom stereocenters. The van der Waals surface area contributed by atoms with Gasteiger partial charge in [-0.05, 0) is 6.07 Å². The van der Waals surface area contributed by atoms with Gasteiger partial charge in [-0.2, -0.15) is 0 Å². The smallest absolute Gasteiger partial charge is 1.00 e. The van der Waals surface area contributed by atoms with E-state index < -0.39 is 0 Å². The Labute approximate surface area is 273 Å². The molecule has 7 aromatic rings. The summed E-state index contributed by atoms with van der Waals surface area (Å²) in [7, 11) is 0. The van der Waals surface area contributed by atoms with E-state index in [0.29, 0.717) is 50.9 Å². The summed E-state index contributed by atoms with van der Waals surface area (Å²) in [4.78, 5) is 36.6. The number of aromatic nitrogens is 8. The Morgan fingerprint density at radius 2 is 0.791 bits per heavy atom. The van der Waals surface area contributed by atoms with Gasteiger partial charge in [-0.3, -0.25) is 0 Å². The van der Waals surface area contributed by atoms with Gasteiger partial charge in [0.15, 0.2) is 23.3 Å². The number of fused-ring (bicyclic) bond motifs is 20. The van der Waals surface area contributed by atoms with Crippen molar-refractivity contribution in [2.75, 3.05) is 0 Å². The molecule has 0 aliphatic carbocycles. The quantitative estimate of drug-likeness (QED) is 0.247. The van der Waals surface area contributed by atoms with Gasteiger partial charge in [-0.15, -0.1) is 0 Å². The minimum absolute atomic E-state index is 0. The zero-order chi connectivity index (χ0) is 27.1. The molecule has 4 aromatic carbocycles. The van der Waals surface area contributed by atoms with Crippen LogP contribution in [0, 0.1) is 0 Å². The summed E-state index contributed by atoms with van der Waals surface area (Å²) in [6, 6.07) is 29.7. The van der Waals surface area contributed by atoms with Gasteiger partial charge in [-0.1, -0.05) is 96.5 Å². The summed E-state index contributed by atoms with van der Waals surface area (Å²) >= 11 is 6.73. The maximum atomic E-state index is 6.73. The molecule has 11 heteroatoms. The van der Waals surface area contributed by atoms with Gasteiger partial charge in [0.25, 0.3) is 0 Å². The van der Waals surface area contributed by atoms with Crippen LogP contribution in [0.1, 0.15) is 0 Å². The molecule has 0 amide bonds. The number of rotatable bonds is 0. The average Bonchev–Trinajstić information content (AvgIpc) is 3.73. The first-order valence-electron chi connectivity index (χ1n) is 13.1. The molecule has 0 saturated carbocycles. The number of halogens is 2. The summed E-state index contributed by atoms with van der Waals surface area (Å²) in [6.07, 6.45) is 0. The molecule has 8 nitrogen and oxygen atoms in total. The first-order chi connectivity index (χ1) is 20.2. The molecule has 0 spiro atoms. The maximum Gasteiger partial charge on any atom is 3.00 e. The number of nitrogens with zero attached hydrogens (tertiary/aromatic N) is 6. The molecule has 0 radical (unpaired) electrons. The zero-order valence-corrected chi connectivity index (χ0v) is 27.0. The van der Waals surface area contributed by atoms with Crippen LogP contribution in [0.4, 0.5) is 0 Å². The molecule has 0 unspecified atom stereocenters. The fraction of sp³-hybridized carbons (Fsp3) is 0. The monoisotopic (exact) mass is 698 g/mol. The molecule has 0 saturated heterocycles. The van der Waals surface area contributed by atoms with E-state index in [0.717, 1.165) is 43.8 Å². The molecule has 200 valence electrons. The third kappa shape index (κ3) is 4.22. The molecule has 0 fully saturated rings. The number of H-pyrrole nitrogens is 2. The van der Waals surface area contributed by atoms with E-state index in [1.807, 2.05) is 91.0 Å². The van der Waals surface area contributed by atoms with Crippen molar-refractivity contribution in [1.82, 2.24) is 39.9 Å². The third-order valence-corrected chi connectivity index (χ3v) is 7.84. The van der Waals surface area contributed by atoms with Crippen molar-refractivity contribution in [2.24, 2.45) is 0 Å². The van der Waals surface area contributed by atoms with E-state index in [1.165, 1.54) is 0 Å². The first-order valence-corrected chi connectivity index (χ1v) is 13.5. The second-order valence-electron chi connectivity index (χ2n) is 9.91. The summed E-state index contributed by atoms with van der Waals surface area (Å²) in [6.45, 7) is 0. The predicted molar refractivity (Wildman–Crippen MR) is 167 cm³/mol. The second kappa shape index (κ2) is 10.4. The van der Waals surface area contributed by atoms with Crippen LogP contribution in [0.3, 0.4) is 0 Å². The Bertz CT molecular complexity index is 2410. The molecule has 3 aromatic heterocycles. The summed E-state index contributed by atoms with van der Waals surface area (Å²) in [5.41, 5.74) is 6.09. The molecule has 43 heavy (non-hydrogen) atoms. The minimum Gasteiger partial charge on any atom is -1.00 e. The first kappa shape index (κ1) is 27.5. The zero-order valence-electron chi connectivity index (χ0n) is 22.2. The Kier molecular flexibility index (Phi) is 6.69. The summed E-state index contributed by atoms with van der Waals surface area (Å²) in [5, 5.41) is 4.05. The van der Waals surface area contributed by atoms with Gasteiger partial charge in [0.05, 0.1) is 5.02 Å². The van der Waals surface area contributed by atoms with Crippen molar-refractivity contribution < 1.29 is 12.4 Å².